The van der Waals surface area contributed by atoms with Crippen LogP contribution < -0.4 is 0 Å². The molecule has 1 atom stereocenters. The van der Waals surface area contributed by atoms with Gasteiger partial charge in [-0.2, -0.15) is 5.26 Å². The molecule has 4 nitrogen and oxygen atoms in total. The Kier molecular flexibility index (Phi) is 4.26. The molecule has 1 aromatic rings. The molecule has 1 heterocycles. The summed E-state index contributed by atoms with van der Waals surface area (Å²) < 4.78 is 18.5. The maximum atomic E-state index is 13.2. The van der Waals surface area contributed by atoms with Crippen molar-refractivity contribution in [3.63, 3.8) is 0 Å². The van der Waals surface area contributed by atoms with Crippen LogP contribution >= 0.6 is 0 Å². The largest absolute Gasteiger partial charge is 0.394 e. The normalized spacial score (nSPS) is 20.6. The first-order valence-corrected chi connectivity index (χ1v) is 5.86. The van der Waals surface area contributed by atoms with Crippen molar-refractivity contribution in [1.82, 2.24) is 4.90 Å². The van der Waals surface area contributed by atoms with Gasteiger partial charge < -0.3 is 9.84 Å². The van der Waals surface area contributed by atoms with Crippen LogP contribution in [0.15, 0.2) is 18.2 Å². The van der Waals surface area contributed by atoms with E-state index in [4.69, 9.17) is 15.1 Å². The molecule has 1 aromatic carbocycles. The van der Waals surface area contributed by atoms with Gasteiger partial charge in [-0.25, -0.2) is 4.39 Å². The lowest BCUT2D eigenvalue weighted by molar-refractivity contribution is -0.0551. The molecule has 1 aliphatic heterocycles. The van der Waals surface area contributed by atoms with Crippen LogP contribution in [0.5, 0.6) is 0 Å². The minimum absolute atomic E-state index is 0.0231. The fourth-order valence-corrected chi connectivity index (χ4v) is 2.08. The summed E-state index contributed by atoms with van der Waals surface area (Å²) in [6, 6.07) is 6.24. The van der Waals surface area contributed by atoms with E-state index in [1.807, 2.05) is 0 Å². The zero-order valence-electron chi connectivity index (χ0n) is 9.97. The lowest BCUT2D eigenvalue weighted by Gasteiger charge is -2.32. The SMILES string of the molecule is N#Cc1ccc(F)cc1CN1CCOC(CO)C1. The Morgan fingerprint density at radius 3 is 3.11 bits per heavy atom. The number of nitriles is 1. The van der Waals surface area contributed by atoms with E-state index >= 15 is 0 Å². The van der Waals surface area contributed by atoms with Gasteiger partial charge in [-0.1, -0.05) is 0 Å². The van der Waals surface area contributed by atoms with Gasteiger partial charge >= 0.3 is 0 Å². The van der Waals surface area contributed by atoms with Gasteiger partial charge in [0.15, 0.2) is 0 Å². The van der Waals surface area contributed by atoms with Crippen molar-refractivity contribution < 1.29 is 14.2 Å². The van der Waals surface area contributed by atoms with Crippen molar-refractivity contribution in [2.75, 3.05) is 26.3 Å². The number of ether oxygens (including phenoxy) is 1. The van der Waals surface area contributed by atoms with Gasteiger partial charge in [-0.05, 0) is 23.8 Å². The predicted octanol–water partition coefficient (Wildman–Crippen LogP) is 0.890. The third-order valence-corrected chi connectivity index (χ3v) is 3.01. The van der Waals surface area contributed by atoms with Gasteiger partial charge in [-0.15, -0.1) is 0 Å². The van der Waals surface area contributed by atoms with Crippen molar-refractivity contribution in [3.8, 4) is 6.07 Å². The minimum atomic E-state index is -0.337. The zero-order chi connectivity index (χ0) is 13.0. The topological polar surface area (TPSA) is 56.5 Å². The Balaban J connectivity index is 2.09. The third kappa shape index (κ3) is 3.05. The van der Waals surface area contributed by atoms with Crippen molar-refractivity contribution in [3.05, 3.63) is 35.1 Å². The summed E-state index contributed by atoms with van der Waals surface area (Å²) in [7, 11) is 0. The van der Waals surface area contributed by atoms with E-state index in [1.165, 1.54) is 18.2 Å². The summed E-state index contributed by atoms with van der Waals surface area (Å²) >= 11 is 0. The molecule has 2 rings (SSSR count). The highest BCUT2D eigenvalue weighted by Gasteiger charge is 2.20. The van der Waals surface area contributed by atoms with Gasteiger partial charge in [0.05, 0.1) is 31.0 Å². The molecule has 1 unspecified atom stereocenters. The van der Waals surface area contributed by atoms with Crippen LogP contribution in [-0.4, -0.2) is 42.4 Å². The van der Waals surface area contributed by atoms with E-state index in [0.29, 0.717) is 30.8 Å². The molecule has 5 heteroatoms. The molecule has 1 saturated heterocycles. The smallest absolute Gasteiger partial charge is 0.123 e. The molecule has 18 heavy (non-hydrogen) atoms. The first kappa shape index (κ1) is 13.0. The number of hydrogen-bond donors (Lipinski definition) is 1. The number of benzene rings is 1. The molecule has 1 N–H and O–H groups in total. The number of aliphatic hydroxyl groups is 1. The Hall–Kier alpha value is -1.48. The van der Waals surface area contributed by atoms with E-state index in [1.54, 1.807) is 0 Å². The highest BCUT2D eigenvalue weighted by molar-refractivity contribution is 5.37. The van der Waals surface area contributed by atoms with Crippen LogP contribution in [0.2, 0.25) is 0 Å². The molecule has 0 aliphatic carbocycles. The van der Waals surface area contributed by atoms with Crippen LogP contribution in [0.25, 0.3) is 0 Å². The highest BCUT2D eigenvalue weighted by Crippen LogP contribution is 2.15. The van der Waals surface area contributed by atoms with E-state index in [-0.39, 0.29) is 18.5 Å². The lowest BCUT2D eigenvalue weighted by Crippen LogP contribution is -2.43. The average molecular weight is 250 g/mol. The van der Waals surface area contributed by atoms with Gasteiger partial charge in [0.2, 0.25) is 0 Å². The molecule has 1 fully saturated rings. The fraction of sp³-hybridized carbons (Fsp3) is 0.462. The molecule has 96 valence electrons. The number of rotatable bonds is 3. The average Bonchev–Trinajstić information content (AvgIpc) is 2.39. The van der Waals surface area contributed by atoms with Gasteiger partial charge in [-0.3, -0.25) is 4.90 Å². The summed E-state index contributed by atoms with van der Waals surface area (Å²) in [5, 5.41) is 18.0. The van der Waals surface area contributed by atoms with E-state index in [2.05, 4.69) is 11.0 Å². The lowest BCUT2D eigenvalue weighted by atomic mass is 10.1. The van der Waals surface area contributed by atoms with Crippen LogP contribution in [0.1, 0.15) is 11.1 Å². The molecular weight excluding hydrogens is 235 g/mol. The Morgan fingerprint density at radius 1 is 1.56 bits per heavy atom. The maximum Gasteiger partial charge on any atom is 0.123 e. The summed E-state index contributed by atoms with van der Waals surface area (Å²) in [5.74, 6) is -0.337. The zero-order valence-corrected chi connectivity index (χ0v) is 9.97. The molecule has 0 saturated carbocycles. The van der Waals surface area contributed by atoms with Crippen molar-refractivity contribution >= 4 is 0 Å². The summed E-state index contributed by atoms with van der Waals surface area (Å²) in [4.78, 5) is 2.06. The second-order valence-corrected chi connectivity index (χ2v) is 4.32. The van der Waals surface area contributed by atoms with Crippen LogP contribution in [0, 0.1) is 17.1 Å². The van der Waals surface area contributed by atoms with Crippen molar-refractivity contribution in [1.29, 1.82) is 5.26 Å². The van der Waals surface area contributed by atoms with E-state index in [0.717, 1.165) is 6.54 Å². The molecule has 0 amide bonds. The molecular formula is C13H15FN2O2. The number of hydrogen-bond acceptors (Lipinski definition) is 4. The van der Waals surface area contributed by atoms with Gasteiger partial charge in [0.1, 0.15) is 5.82 Å². The number of aliphatic hydroxyl groups excluding tert-OH is 1. The predicted molar refractivity (Wildman–Crippen MR) is 63.2 cm³/mol. The first-order valence-electron chi connectivity index (χ1n) is 5.86. The van der Waals surface area contributed by atoms with E-state index in [9.17, 15) is 4.39 Å². The first-order chi connectivity index (χ1) is 8.72. The second-order valence-electron chi connectivity index (χ2n) is 4.32. The molecule has 1 aliphatic rings. The summed E-state index contributed by atoms with van der Waals surface area (Å²) in [6.07, 6.45) is -0.196. The Bertz CT molecular complexity index is 459. The monoisotopic (exact) mass is 250 g/mol. The standard InChI is InChI=1S/C13H15FN2O2/c14-12-2-1-10(6-15)11(5-12)7-16-3-4-18-13(8-16)9-17/h1-2,5,13,17H,3-4,7-9H2. The maximum absolute atomic E-state index is 13.2. The minimum Gasteiger partial charge on any atom is -0.394 e. The van der Waals surface area contributed by atoms with Gasteiger partial charge in [0.25, 0.3) is 0 Å². The van der Waals surface area contributed by atoms with E-state index < -0.39 is 0 Å². The fourth-order valence-electron chi connectivity index (χ4n) is 2.08. The van der Waals surface area contributed by atoms with Crippen LogP contribution in [-0.2, 0) is 11.3 Å². The third-order valence-electron chi connectivity index (χ3n) is 3.01. The molecule has 0 spiro atoms. The van der Waals surface area contributed by atoms with Crippen LogP contribution in [0.3, 0.4) is 0 Å². The highest BCUT2D eigenvalue weighted by atomic mass is 19.1. The molecule has 0 aromatic heterocycles. The van der Waals surface area contributed by atoms with Gasteiger partial charge in [0, 0.05) is 19.6 Å². The number of nitrogens with zero attached hydrogens (tertiary/aromatic N) is 2. The molecule has 0 bridgehead atoms. The van der Waals surface area contributed by atoms with Crippen LogP contribution in [0.4, 0.5) is 4.39 Å². The Labute approximate surface area is 105 Å². The quantitative estimate of drug-likeness (QED) is 0.865. The summed E-state index contributed by atoms with van der Waals surface area (Å²) in [5.41, 5.74) is 1.17. The molecule has 0 radical (unpaired) electrons. The summed E-state index contributed by atoms with van der Waals surface area (Å²) in [6.45, 7) is 2.34. The van der Waals surface area contributed by atoms with Crippen molar-refractivity contribution in [2.45, 2.75) is 12.6 Å². The number of halogens is 1. The second kappa shape index (κ2) is 5.91. The Morgan fingerprint density at radius 2 is 2.39 bits per heavy atom. The number of morpholine rings is 1. The van der Waals surface area contributed by atoms with Crippen molar-refractivity contribution in [2.24, 2.45) is 0 Å².